The Morgan fingerprint density at radius 1 is 1.00 bits per heavy atom. The van der Waals surface area contributed by atoms with E-state index in [0.29, 0.717) is 27.8 Å². The topological polar surface area (TPSA) is 32.3 Å². The Balaban J connectivity index is 1.72. The van der Waals surface area contributed by atoms with Gasteiger partial charge in [0.05, 0.1) is 0 Å². The van der Waals surface area contributed by atoms with Crippen LogP contribution in [-0.2, 0) is 0 Å². The van der Waals surface area contributed by atoms with Crippen molar-refractivity contribution in [1.29, 1.82) is 0 Å². The summed E-state index contributed by atoms with van der Waals surface area (Å²) in [4.78, 5) is 15.0. The molecule has 0 aliphatic heterocycles. The fourth-order valence-electron chi connectivity index (χ4n) is 4.21. The number of thiocarbonyl (C=S) groups is 1. The quantitative estimate of drug-likeness (QED) is 0.722. The maximum absolute atomic E-state index is 12.6. The van der Waals surface area contributed by atoms with Crippen molar-refractivity contribution in [2.75, 3.05) is 0 Å². The van der Waals surface area contributed by atoms with E-state index in [9.17, 15) is 4.79 Å². The minimum atomic E-state index is -0.163. The molecule has 3 rings (SSSR count). The molecular weight excluding hydrogens is 352 g/mol. The van der Waals surface area contributed by atoms with Gasteiger partial charge in [-0.25, -0.2) is 0 Å². The van der Waals surface area contributed by atoms with Gasteiger partial charge in [0, 0.05) is 22.7 Å². The molecule has 2 aliphatic carbocycles. The van der Waals surface area contributed by atoms with Crippen LogP contribution >= 0.6 is 23.8 Å². The largest absolute Gasteiger partial charge is 0.343 e. The molecule has 136 valence electrons. The lowest BCUT2D eigenvalue weighted by Crippen LogP contribution is -2.53. The Kier molecular flexibility index (Phi) is 6.71. The molecule has 0 radical (unpaired) electrons. The first kappa shape index (κ1) is 18.7. The average molecular weight is 379 g/mol. The van der Waals surface area contributed by atoms with Crippen LogP contribution in [0.1, 0.15) is 74.6 Å². The highest BCUT2D eigenvalue weighted by molar-refractivity contribution is 7.80. The highest BCUT2D eigenvalue weighted by atomic mass is 35.5. The van der Waals surface area contributed by atoms with Crippen molar-refractivity contribution in [3.8, 4) is 0 Å². The molecule has 1 amide bonds. The molecule has 1 N–H and O–H groups in total. The molecule has 0 spiro atoms. The van der Waals surface area contributed by atoms with Crippen molar-refractivity contribution >= 4 is 34.8 Å². The first-order chi connectivity index (χ1) is 12.1. The minimum Gasteiger partial charge on any atom is -0.343 e. The van der Waals surface area contributed by atoms with Crippen LogP contribution in [0.25, 0.3) is 0 Å². The fraction of sp³-hybridized carbons (Fsp3) is 0.600. The van der Waals surface area contributed by atoms with Crippen molar-refractivity contribution in [3.63, 3.8) is 0 Å². The third-order valence-electron chi connectivity index (χ3n) is 5.48. The molecule has 1 aromatic carbocycles. The molecule has 0 heterocycles. The van der Waals surface area contributed by atoms with Crippen LogP contribution in [0.3, 0.4) is 0 Å². The normalized spacial score (nSPS) is 19.4. The number of amides is 1. The molecule has 5 heteroatoms. The highest BCUT2D eigenvalue weighted by Gasteiger charge is 2.31. The summed E-state index contributed by atoms with van der Waals surface area (Å²) in [6.45, 7) is 0. The van der Waals surface area contributed by atoms with Gasteiger partial charge in [-0.15, -0.1) is 0 Å². The van der Waals surface area contributed by atoms with Crippen LogP contribution in [0, 0.1) is 0 Å². The lowest BCUT2D eigenvalue weighted by atomic mass is 9.89. The molecule has 0 saturated heterocycles. The van der Waals surface area contributed by atoms with E-state index < -0.39 is 0 Å². The van der Waals surface area contributed by atoms with Gasteiger partial charge in [-0.05, 0) is 56.1 Å². The summed E-state index contributed by atoms with van der Waals surface area (Å²) in [5, 5.41) is 4.14. The Hall–Kier alpha value is -1.13. The molecule has 0 unspecified atom stereocenters. The first-order valence-electron chi connectivity index (χ1n) is 9.54. The Labute approximate surface area is 161 Å². The predicted molar refractivity (Wildman–Crippen MR) is 107 cm³/mol. The summed E-state index contributed by atoms with van der Waals surface area (Å²) in [5.41, 5.74) is 0.557. The summed E-state index contributed by atoms with van der Waals surface area (Å²) < 4.78 is 0. The van der Waals surface area contributed by atoms with Crippen molar-refractivity contribution < 1.29 is 4.79 Å². The van der Waals surface area contributed by atoms with Crippen molar-refractivity contribution in [1.82, 2.24) is 10.2 Å². The van der Waals surface area contributed by atoms with E-state index >= 15 is 0 Å². The number of nitrogens with one attached hydrogen (secondary N) is 1. The molecule has 0 aromatic heterocycles. The standard InChI is InChI=1S/C20H27ClN2OS/c21-16-9-7-8-15(14-16)19(24)22-20(25)23(17-10-3-1-4-11-17)18-12-5-2-6-13-18/h7-9,14,17-18H,1-6,10-13H2,(H,22,24,25). The van der Waals surface area contributed by atoms with E-state index in [4.69, 9.17) is 23.8 Å². The number of nitrogens with zero attached hydrogens (tertiary/aromatic N) is 1. The van der Waals surface area contributed by atoms with E-state index in [1.54, 1.807) is 24.3 Å². The Bertz CT molecular complexity index is 591. The number of carbonyl (C=O) groups excluding carboxylic acids is 1. The van der Waals surface area contributed by atoms with Crippen LogP contribution in [0.2, 0.25) is 5.02 Å². The van der Waals surface area contributed by atoms with Crippen molar-refractivity contribution in [3.05, 3.63) is 34.9 Å². The van der Waals surface area contributed by atoms with Crippen molar-refractivity contribution in [2.45, 2.75) is 76.3 Å². The number of halogens is 1. The van der Waals surface area contributed by atoms with Gasteiger partial charge in [0.1, 0.15) is 0 Å². The van der Waals surface area contributed by atoms with Crippen molar-refractivity contribution in [2.24, 2.45) is 0 Å². The van der Waals surface area contributed by atoms with E-state index in [0.717, 1.165) is 0 Å². The van der Waals surface area contributed by atoms with Gasteiger partial charge < -0.3 is 4.90 Å². The second kappa shape index (κ2) is 9.00. The molecule has 0 atom stereocenters. The molecule has 2 saturated carbocycles. The van der Waals surface area contributed by atoms with E-state index in [2.05, 4.69) is 10.2 Å². The predicted octanol–water partition coefficient (Wildman–Crippen LogP) is 5.32. The smallest absolute Gasteiger partial charge is 0.257 e. The van der Waals surface area contributed by atoms with E-state index in [-0.39, 0.29) is 5.91 Å². The van der Waals surface area contributed by atoms with Gasteiger partial charge in [-0.1, -0.05) is 56.2 Å². The summed E-state index contributed by atoms with van der Waals surface area (Å²) in [7, 11) is 0. The molecule has 2 aliphatic rings. The summed E-state index contributed by atoms with van der Waals surface area (Å²) in [6.07, 6.45) is 12.4. The SMILES string of the molecule is O=C(NC(=S)N(C1CCCCC1)C1CCCCC1)c1cccc(Cl)c1. The van der Waals surface area contributed by atoms with Crippen LogP contribution in [0.4, 0.5) is 0 Å². The first-order valence-corrected chi connectivity index (χ1v) is 10.3. The van der Waals surface area contributed by atoms with Gasteiger partial charge >= 0.3 is 0 Å². The number of hydrogen-bond acceptors (Lipinski definition) is 2. The molecule has 0 bridgehead atoms. The maximum atomic E-state index is 12.6. The number of hydrogen-bond donors (Lipinski definition) is 1. The Morgan fingerprint density at radius 3 is 2.08 bits per heavy atom. The zero-order valence-electron chi connectivity index (χ0n) is 14.7. The third-order valence-corrected chi connectivity index (χ3v) is 6.03. The van der Waals surface area contributed by atoms with Gasteiger partial charge in [-0.2, -0.15) is 0 Å². The second-order valence-electron chi connectivity index (χ2n) is 7.26. The summed E-state index contributed by atoms with van der Waals surface area (Å²) >= 11 is 11.7. The lowest BCUT2D eigenvalue weighted by molar-refractivity contribution is 0.0961. The molecule has 2 fully saturated rings. The summed E-state index contributed by atoms with van der Waals surface area (Å²) in [5.74, 6) is -0.163. The zero-order chi connectivity index (χ0) is 17.6. The fourth-order valence-corrected chi connectivity index (χ4v) is 4.79. The monoisotopic (exact) mass is 378 g/mol. The van der Waals surface area contributed by atoms with Gasteiger partial charge in [-0.3, -0.25) is 10.1 Å². The lowest BCUT2D eigenvalue weighted by Gasteiger charge is -2.43. The van der Waals surface area contributed by atoms with Crippen LogP contribution in [0.5, 0.6) is 0 Å². The average Bonchev–Trinajstić information content (AvgIpc) is 2.63. The molecule has 3 nitrogen and oxygen atoms in total. The third kappa shape index (κ3) is 4.95. The number of carbonyl (C=O) groups is 1. The van der Waals surface area contributed by atoms with Gasteiger partial charge in [0.25, 0.3) is 5.91 Å². The minimum absolute atomic E-state index is 0.163. The number of benzene rings is 1. The van der Waals surface area contributed by atoms with Crippen LogP contribution in [-0.4, -0.2) is 28.0 Å². The number of rotatable bonds is 3. The van der Waals surface area contributed by atoms with E-state index in [1.807, 2.05) is 0 Å². The summed E-state index contributed by atoms with van der Waals surface area (Å²) in [6, 6.07) is 7.97. The van der Waals surface area contributed by atoms with Gasteiger partial charge in [0.2, 0.25) is 0 Å². The maximum Gasteiger partial charge on any atom is 0.257 e. The highest BCUT2D eigenvalue weighted by Crippen LogP contribution is 2.30. The van der Waals surface area contributed by atoms with E-state index in [1.165, 1.54) is 64.2 Å². The zero-order valence-corrected chi connectivity index (χ0v) is 16.2. The Morgan fingerprint density at radius 2 is 1.56 bits per heavy atom. The van der Waals surface area contributed by atoms with Gasteiger partial charge in [0.15, 0.2) is 5.11 Å². The van der Waals surface area contributed by atoms with Crippen LogP contribution < -0.4 is 5.32 Å². The molecule has 1 aromatic rings. The molecule has 25 heavy (non-hydrogen) atoms. The second-order valence-corrected chi connectivity index (χ2v) is 8.08. The van der Waals surface area contributed by atoms with Crippen LogP contribution in [0.15, 0.2) is 24.3 Å². The molecular formula is C20H27ClN2OS.